The van der Waals surface area contributed by atoms with Crippen LogP contribution >= 0.6 is 11.3 Å². The number of hydrogen-bond acceptors (Lipinski definition) is 8. The third-order valence-corrected chi connectivity index (χ3v) is 6.56. The Morgan fingerprint density at radius 3 is 2.57 bits per heavy atom. The first-order valence-corrected chi connectivity index (χ1v) is 12.6. The van der Waals surface area contributed by atoms with E-state index in [1.807, 2.05) is 35.7 Å². The second kappa shape index (κ2) is 10.7. The highest BCUT2D eigenvalue weighted by atomic mass is 32.1. The molecule has 35 heavy (non-hydrogen) atoms. The lowest BCUT2D eigenvalue weighted by atomic mass is 9.90. The molecule has 0 unspecified atom stereocenters. The summed E-state index contributed by atoms with van der Waals surface area (Å²) in [7, 11) is 0. The maximum Gasteiger partial charge on any atom is 0.257 e. The molecule has 0 aliphatic heterocycles. The van der Waals surface area contributed by atoms with Crippen LogP contribution in [0.25, 0.3) is 11.5 Å². The van der Waals surface area contributed by atoms with E-state index in [1.54, 1.807) is 25.3 Å². The first kappa shape index (κ1) is 23.0. The lowest BCUT2D eigenvalue weighted by molar-refractivity contribution is 0.102. The van der Waals surface area contributed by atoms with Gasteiger partial charge < -0.3 is 13.9 Å². The van der Waals surface area contributed by atoms with Crippen LogP contribution in [0.3, 0.4) is 0 Å². The average molecular weight is 491 g/mol. The minimum Gasteiger partial charge on any atom is -0.493 e. The maximum atomic E-state index is 12.9. The Morgan fingerprint density at radius 2 is 1.86 bits per heavy atom. The lowest BCUT2D eigenvalue weighted by Gasteiger charge is -2.22. The Labute approximate surface area is 207 Å². The molecule has 2 aromatic carbocycles. The first-order chi connectivity index (χ1) is 17.1. The molecule has 180 valence electrons. The van der Waals surface area contributed by atoms with Crippen LogP contribution in [0.1, 0.15) is 48.4 Å². The smallest absolute Gasteiger partial charge is 0.257 e. The number of anilines is 1. The van der Waals surface area contributed by atoms with Gasteiger partial charge in [-0.2, -0.15) is 0 Å². The van der Waals surface area contributed by atoms with Crippen LogP contribution in [-0.2, 0) is 0 Å². The van der Waals surface area contributed by atoms with Gasteiger partial charge in [0.1, 0.15) is 17.2 Å². The topological polar surface area (TPSA) is 99.4 Å². The summed E-state index contributed by atoms with van der Waals surface area (Å²) in [6, 6.07) is 12.6. The van der Waals surface area contributed by atoms with Gasteiger partial charge in [-0.15, -0.1) is 21.5 Å². The second-order valence-electron chi connectivity index (χ2n) is 8.55. The molecule has 1 aliphatic rings. The van der Waals surface area contributed by atoms with E-state index in [0.29, 0.717) is 52.2 Å². The molecule has 5 rings (SSSR count). The van der Waals surface area contributed by atoms with E-state index in [4.69, 9.17) is 13.9 Å². The summed E-state index contributed by atoms with van der Waals surface area (Å²) in [6.45, 7) is 2.38. The molecule has 0 radical (unpaired) electrons. The van der Waals surface area contributed by atoms with E-state index >= 15 is 0 Å². The quantitative estimate of drug-likeness (QED) is 0.301. The van der Waals surface area contributed by atoms with Crippen molar-refractivity contribution in [1.82, 2.24) is 15.2 Å². The zero-order valence-corrected chi connectivity index (χ0v) is 20.2. The van der Waals surface area contributed by atoms with Crippen molar-refractivity contribution < 1.29 is 18.7 Å². The second-order valence-corrected chi connectivity index (χ2v) is 9.45. The molecule has 0 spiro atoms. The number of carbonyl (C=O) groups is 1. The van der Waals surface area contributed by atoms with E-state index in [1.165, 1.54) is 43.4 Å². The van der Waals surface area contributed by atoms with E-state index in [0.717, 1.165) is 5.56 Å². The third kappa shape index (κ3) is 6.05. The van der Waals surface area contributed by atoms with Crippen molar-refractivity contribution in [3.8, 4) is 28.7 Å². The Morgan fingerprint density at radius 1 is 1.06 bits per heavy atom. The Bertz CT molecular complexity index is 1270. The van der Waals surface area contributed by atoms with Crippen LogP contribution in [0.5, 0.6) is 17.2 Å². The van der Waals surface area contributed by atoms with Gasteiger partial charge in [0, 0.05) is 35.7 Å². The fourth-order valence-electron chi connectivity index (χ4n) is 4.08. The highest BCUT2D eigenvalue weighted by Crippen LogP contribution is 2.31. The molecule has 0 saturated heterocycles. The summed E-state index contributed by atoms with van der Waals surface area (Å²) in [5.41, 5.74) is 1.24. The number of aryl methyl sites for hydroxylation is 1. The number of rotatable bonds is 8. The summed E-state index contributed by atoms with van der Waals surface area (Å²) in [6.07, 6.45) is 7.80. The van der Waals surface area contributed by atoms with Crippen molar-refractivity contribution in [2.75, 3.05) is 11.9 Å². The molecule has 1 saturated carbocycles. The van der Waals surface area contributed by atoms with Crippen molar-refractivity contribution in [2.24, 2.45) is 5.92 Å². The van der Waals surface area contributed by atoms with Crippen LogP contribution in [0.2, 0.25) is 0 Å². The molecule has 4 aromatic rings. The number of aromatic nitrogens is 3. The fourth-order valence-corrected chi connectivity index (χ4v) is 4.61. The molecule has 2 heterocycles. The van der Waals surface area contributed by atoms with Crippen molar-refractivity contribution in [3.63, 3.8) is 0 Å². The predicted octanol–water partition coefficient (Wildman–Crippen LogP) is 6.51. The maximum absolute atomic E-state index is 12.9. The van der Waals surface area contributed by atoms with E-state index in [9.17, 15) is 4.79 Å². The molecular weight excluding hydrogens is 464 g/mol. The zero-order valence-electron chi connectivity index (χ0n) is 19.4. The van der Waals surface area contributed by atoms with Crippen molar-refractivity contribution in [1.29, 1.82) is 0 Å². The monoisotopic (exact) mass is 490 g/mol. The summed E-state index contributed by atoms with van der Waals surface area (Å²) in [4.78, 5) is 17.0. The van der Waals surface area contributed by atoms with Crippen molar-refractivity contribution in [2.45, 2.75) is 39.0 Å². The van der Waals surface area contributed by atoms with E-state index in [2.05, 4.69) is 20.5 Å². The summed E-state index contributed by atoms with van der Waals surface area (Å²) in [5, 5.41) is 13.1. The number of nitrogens with one attached hydrogen (secondary N) is 1. The molecule has 0 bridgehead atoms. The Kier molecular flexibility index (Phi) is 7.04. The molecule has 1 aliphatic carbocycles. The van der Waals surface area contributed by atoms with Crippen LogP contribution in [0.4, 0.5) is 5.13 Å². The normalized spacial score (nSPS) is 14.0. The van der Waals surface area contributed by atoms with Gasteiger partial charge in [-0.05, 0) is 55.2 Å². The largest absolute Gasteiger partial charge is 0.493 e. The van der Waals surface area contributed by atoms with E-state index in [-0.39, 0.29) is 5.91 Å². The number of nitrogens with zero attached hydrogens (tertiary/aromatic N) is 3. The first-order valence-electron chi connectivity index (χ1n) is 11.7. The third-order valence-electron chi connectivity index (χ3n) is 5.87. The zero-order chi connectivity index (χ0) is 24.0. The standard InChI is InChI=1S/C26H26N4O4S/c1-17-29-30-25(33-17)19-7-9-21(10-8-19)34-23-14-20(24(31)28-26-27-11-12-35-26)13-22(15-23)32-16-18-5-3-2-4-6-18/h7-15,18H,2-6,16H2,1H3,(H,27,28,31). The number of benzene rings is 2. The minimum atomic E-state index is -0.268. The van der Waals surface area contributed by atoms with Crippen LogP contribution < -0.4 is 14.8 Å². The van der Waals surface area contributed by atoms with Gasteiger partial charge in [0.25, 0.3) is 5.91 Å². The fraction of sp³-hybridized carbons (Fsp3) is 0.308. The minimum absolute atomic E-state index is 0.268. The highest BCUT2D eigenvalue weighted by molar-refractivity contribution is 7.13. The number of ether oxygens (including phenoxy) is 2. The Balaban J connectivity index is 1.34. The van der Waals surface area contributed by atoms with Crippen LogP contribution in [-0.4, -0.2) is 27.7 Å². The number of hydrogen-bond donors (Lipinski definition) is 1. The van der Waals surface area contributed by atoms with Crippen LogP contribution in [0, 0.1) is 12.8 Å². The number of carbonyl (C=O) groups excluding carboxylic acids is 1. The average Bonchev–Trinajstić information content (AvgIpc) is 3.55. The highest BCUT2D eigenvalue weighted by Gasteiger charge is 2.16. The van der Waals surface area contributed by atoms with Crippen LogP contribution in [0.15, 0.2) is 58.5 Å². The Hall–Kier alpha value is -3.72. The van der Waals surface area contributed by atoms with Crippen molar-refractivity contribution in [3.05, 3.63) is 65.5 Å². The molecule has 9 heteroatoms. The van der Waals surface area contributed by atoms with Crippen molar-refractivity contribution >= 4 is 22.4 Å². The van der Waals surface area contributed by atoms with Gasteiger partial charge in [0.05, 0.1) is 6.61 Å². The molecular formula is C26H26N4O4S. The summed E-state index contributed by atoms with van der Waals surface area (Å²) >= 11 is 1.36. The van der Waals surface area contributed by atoms with Gasteiger partial charge in [-0.25, -0.2) is 4.98 Å². The van der Waals surface area contributed by atoms with Gasteiger partial charge in [0.15, 0.2) is 5.13 Å². The van der Waals surface area contributed by atoms with Gasteiger partial charge in [-0.1, -0.05) is 19.3 Å². The lowest BCUT2D eigenvalue weighted by Crippen LogP contribution is -2.16. The SMILES string of the molecule is Cc1nnc(-c2ccc(Oc3cc(OCC4CCCCC4)cc(C(=O)Nc4nccs4)c3)cc2)o1. The van der Waals surface area contributed by atoms with E-state index < -0.39 is 0 Å². The number of thiazole rings is 1. The molecule has 1 fully saturated rings. The van der Waals surface area contributed by atoms with Gasteiger partial charge in [0.2, 0.25) is 11.8 Å². The molecule has 0 atom stereocenters. The molecule has 2 aromatic heterocycles. The van der Waals surface area contributed by atoms with Gasteiger partial charge in [-0.3, -0.25) is 10.1 Å². The number of amides is 1. The molecule has 1 amide bonds. The van der Waals surface area contributed by atoms with Gasteiger partial charge >= 0.3 is 0 Å². The summed E-state index contributed by atoms with van der Waals surface area (Å²) in [5.74, 6) is 2.96. The summed E-state index contributed by atoms with van der Waals surface area (Å²) < 4.78 is 17.7. The molecule has 8 nitrogen and oxygen atoms in total. The molecule has 1 N–H and O–H groups in total. The predicted molar refractivity (Wildman–Crippen MR) is 133 cm³/mol.